The topological polar surface area (TPSA) is 48.3 Å². The number of aromatic nitrogens is 1. The summed E-state index contributed by atoms with van der Waals surface area (Å²) < 4.78 is 7.43. The molecule has 0 spiro atoms. The van der Waals surface area contributed by atoms with Crippen molar-refractivity contribution in [3.8, 4) is 0 Å². The molecule has 4 nitrogen and oxygen atoms in total. The van der Waals surface area contributed by atoms with Crippen molar-refractivity contribution in [1.82, 2.24) is 4.57 Å². The van der Waals surface area contributed by atoms with E-state index in [1.54, 1.807) is 57.3 Å². The quantitative estimate of drug-likeness (QED) is 0.564. The van der Waals surface area contributed by atoms with Crippen LogP contribution >= 0.6 is 15.9 Å². The van der Waals surface area contributed by atoms with Crippen LogP contribution in [0.15, 0.2) is 53.1 Å². The van der Waals surface area contributed by atoms with Crippen molar-refractivity contribution in [2.45, 2.75) is 26.4 Å². The predicted octanol–water partition coefficient (Wildman–Crippen LogP) is 4.93. The van der Waals surface area contributed by atoms with Crippen molar-refractivity contribution in [1.29, 1.82) is 0 Å². The molecule has 0 bridgehead atoms. The van der Waals surface area contributed by atoms with Crippen LogP contribution in [0.25, 0.3) is 6.08 Å². The second-order valence-electron chi connectivity index (χ2n) is 5.96. The lowest BCUT2D eigenvalue weighted by atomic mass is 10.1. The Bertz CT molecular complexity index is 754. The fourth-order valence-corrected chi connectivity index (χ4v) is 2.40. The van der Waals surface area contributed by atoms with Crippen LogP contribution < -0.4 is 0 Å². The van der Waals surface area contributed by atoms with Crippen molar-refractivity contribution < 1.29 is 14.3 Å². The van der Waals surface area contributed by atoms with Gasteiger partial charge in [0.1, 0.15) is 5.60 Å². The smallest absolute Gasteiger partial charge is 0.418 e. The fourth-order valence-electron chi connectivity index (χ4n) is 1.92. The Hall–Kier alpha value is -2.14. The average molecular weight is 376 g/mol. The molecule has 0 N–H and O–H groups in total. The zero-order valence-electron chi connectivity index (χ0n) is 13.2. The Kier molecular flexibility index (Phi) is 5.21. The van der Waals surface area contributed by atoms with Gasteiger partial charge in [0.05, 0.1) is 5.69 Å². The molecule has 1 aromatic heterocycles. The molecule has 0 saturated heterocycles. The molecular weight excluding hydrogens is 358 g/mol. The monoisotopic (exact) mass is 375 g/mol. The molecule has 0 unspecified atom stereocenters. The number of hydrogen-bond donors (Lipinski definition) is 0. The number of allylic oxidation sites excluding steroid dienone is 1. The summed E-state index contributed by atoms with van der Waals surface area (Å²) in [5.41, 5.74) is 0.575. The summed E-state index contributed by atoms with van der Waals surface area (Å²) in [4.78, 5) is 24.4. The number of benzene rings is 1. The number of halogens is 1. The third-order valence-corrected chi connectivity index (χ3v) is 3.61. The Morgan fingerprint density at radius 3 is 2.48 bits per heavy atom. The Labute approximate surface area is 143 Å². The molecular formula is C18H18BrNO3. The molecule has 1 heterocycles. The lowest BCUT2D eigenvalue weighted by molar-refractivity contribution is 0.0536. The molecule has 5 heteroatoms. The first-order valence-corrected chi connectivity index (χ1v) is 7.95. The van der Waals surface area contributed by atoms with E-state index in [1.165, 1.54) is 10.6 Å². The van der Waals surface area contributed by atoms with Crippen LogP contribution in [0.1, 0.15) is 36.8 Å². The average Bonchev–Trinajstić information content (AvgIpc) is 2.92. The highest BCUT2D eigenvalue weighted by atomic mass is 79.9. The van der Waals surface area contributed by atoms with Gasteiger partial charge in [0.2, 0.25) is 0 Å². The van der Waals surface area contributed by atoms with E-state index in [4.69, 9.17) is 4.74 Å². The van der Waals surface area contributed by atoms with E-state index in [2.05, 4.69) is 15.9 Å². The van der Waals surface area contributed by atoms with Crippen LogP contribution in [-0.2, 0) is 4.74 Å². The molecule has 2 rings (SSSR count). The lowest BCUT2D eigenvalue weighted by Crippen LogP contribution is -2.27. The third kappa shape index (κ3) is 4.66. The normalized spacial score (nSPS) is 11.7. The summed E-state index contributed by atoms with van der Waals surface area (Å²) >= 11 is 3.35. The van der Waals surface area contributed by atoms with Crippen LogP contribution in [0.3, 0.4) is 0 Å². The van der Waals surface area contributed by atoms with Crippen molar-refractivity contribution >= 4 is 33.9 Å². The van der Waals surface area contributed by atoms with Gasteiger partial charge in [-0.05, 0) is 57.2 Å². The van der Waals surface area contributed by atoms with Gasteiger partial charge < -0.3 is 4.74 Å². The van der Waals surface area contributed by atoms with Crippen LogP contribution in [0, 0.1) is 0 Å². The van der Waals surface area contributed by atoms with Crippen molar-refractivity contribution in [3.05, 3.63) is 64.4 Å². The van der Waals surface area contributed by atoms with Gasteiger partial charge in [0.25, 0.3) is 0 Å². The number of carbonyl (C=O) groups is 2. The van der Waals surface area contributed by atoms with Crippen molar-refractivity contribution in [3.63, 3.8) is 0 Å². The fraction of sp³-hybridized carbons (Fsp3) is 0.222. The molecule has 0 saturated carbocycles. The van der Waals surface area contributed by atoms with E-state index in [-0.39, 0.29) is 5.78 Å². The first kappa shape index (κ1) is 17.2. The van der Waals surface area contributed by atoms with Gasteiger partial charge >= 0.3 is 6.09 Å². The van der Waals surface area contributed by atoms with E-state index in [0.717, 1.165) is 4.47 Å². The van der Waals surface area contributed by atoms with Gasteiger partial charge in [-0.25, -0.2) is 4.79 Å². The van der Waals surface area contributed by atoms with Crippen molar-refractivity contribution in [2.75, 3.05) is 0 Å². The van der Waals surface area contributed by atoms with Crippen LogP contribution in [0.5, 0.6) is 0 Å². The number of ketones is 1. The van der Waals surface area contributed by atoms with E-state index < -0.39 is 11.7 Å². The third-order valence-electron chi connectivity index (χ3n) is 2.92. The number of carbonyl (C=O) groups excluding carboxylic acids is 2. The maximum Gasteiger partial charge on any atom is 0.418 e. The van der Waals surface area contributed by atoms with Gasteiger partial charge in [-0.1, -0.05) is 28.1 Å². The van der Waals surface area contributed by atoms with Gasteiger partial charge in [0.15, 0.2) is 5.78 Å². The second-order valence-corrected chi connectivity index (χ2v) is 6.82. The highest BCUT2D eigenvalue weighted by Gasteiger charge is 2.18. The minimum atomic E-state index is -0.576. The second kappa shape index (κ2) is 6.96. The predicted molar refractivity (Wildman–Crippen MR) is 93.6 cm³/mol. The van der Waals surface area contributed by atoms with Gasteiger partial charge in [-0.2, -0.15) is 0 Å². The Morgan fingerprint density at radius 1 is 1.13 bits per heavy atom. The largest absolute Gasteiger partial charge is 0.443 e. The first-order valence-electron chi connectivity index (χ1n) is 7.15. The van der Waals surface area contributed by atoms with Gasteiger partial charge in [0, 0.05) is 16.2 Å². The van der Waals surface area contributed by atoms with Crippen LogP contribution in [0.4, 0.5) is 4.79 Å². The SMILES string of the molecule is CC(C)(C)OC(=O)n1cccc1/C=C/C(=O)c1ccccc1Br. The summed E-state index contributed by atoms with van der Waals surface area (Å²) in [6.07, 6.45) is 4.18. The van der Waals surface area contributed by atoms with Crippen LogP contribution in [0.2, 0.25) is 0 Å². The maximum atomic E-state index is 12.2. The number of nitrogens with zero attached hydrogens (tertiary/aromatic N) is 1. The lowest BCUT2D eigenvalue weighted by Gasteiger charge is -2.20. The Morgan fingerprint density at radius 2 is 1.83 bits per heavy atom. The van der Waals surface area contributed by atoms with E-state index >= 15 is 0 Å². The van der Waals surface area contributed by atoms with Gasteiger partial charge in [-0.15, -0.1) is 0 Å². The number of rotatable bonds is 3. The van der Waals surface area contributed by atoms with Gasteiger partial charge in [-0.3, -0.25) is 9.36 Å². The molecule has 120 valence electrons. The molecule has 0 fully saturated rings. The number of ether oxygens (including phenoxy) is 1. The minimum Gasteiger partial charge on any atom is -0.443 e. The summed E-state index contributed by atoms with van der Waals surface area (Å²) in [6, 6.07) is 10.7. The summed E-state index contributed by atoms with van der Waals surface area (Å²) in [5, 5.41) is 0. The molecule has 0 amide bonds. The highest BCUT2D eigenvalue weighted by Crippen LogP contribution is 2.18. The highest BCUT2D eigenvalue weighted by molar-refractivity contribution is 9.10. The molecule has 0 aliphatic carbocycles. The summed E-state index contributed by atoms with van der Waals surface area (Å²) in [7, 11) is 0. The summed E-state index contributed by atoms with van der Waals surface area (Å²) in [5.74, 6) is -0.144. The first-order chi connectivity index (χ1) is 10.8. The molecule has 0 atom stereocenters. The van der Waals surface area contributed by atoms with Crippen LogP contribution in [-0.4, -0.2) is 22.0 Å². The Balaban J connectivity index is 2.19. The zero-order valence-corrected chi connectivity index (χ0v) is 14.8. The van der Waals surface area contributed by atoms with E-state index in [0.29, 0.717) is 11.3 Å². The molecule has 0 aliphatic rings. The molecule has 1 aromatic carbocycles. The molecule has 0 radical (unpaired) electrons. The standard InChI is InChI=1S/C18H18BrNO3/c1-18(2,3)23-17(22)20-12-6-7-13(20)10-11-16(21)14-8-4-5-9-15(14)19/h4-12H,1-3H3/b11-10+. The van der Waals surface area contributed by atoms with E-state index in [9.17, 15) is 9.59 Å². The number of hydrogen-bond acceptors (Lipinski definition) is 3. The molecule has 23 heavy (non-hydrogen) atoms. The van der Waals surface area contributed by atoms with E-state index in [1.807, 2.05) is 12.1 Å². The minimum absolute atomic E-state index is 0.144. The molecule has 2 aromatic rings. The summed E-state index contributed by atoms with van der Waals surface area (Å²) in [6.45, 7) is 5.42. The maximum absolute atomic E-state index is 12.2. The zero-order chi connectivity index (χ0) is 17.0. The van der Waals surface area contributed by atoms with Crippen molar-refractivity contribution in [2.24, 2.45) is 0 Å². The molecule has 0 aliphatic heterocycles.